The van der Waals surface area contributed by atoms with Gasteiger partial charge in [0.25, 0.3) is 5.91 Å². The van der Waals surface area contributed by atoms with Crippen molar-refractivity contribution in [2.75, 3.05) is 0 Å². The lowest BCUT2D eigenvalue weighted by Crippen LogP contribution is -2.28. The van der Waals surface area contributed by atoms with Gasteiger partial charge in [0.15, 0.2) is 5.17 Å². The Morgan fingerprint density at radius 1 is 0.775 bits per heavy atom. The molecule has 0 aliphatic carbocycles. The third kappa shape index (κ3) is 5.70. The second-order valence-corrected chi connectivity index (χ2v) is 10.7. The summed E-state index contributed by atoms with van der Waals surface area (Å²) in [7, 11) is 0. The molecule has 0 bridgehead atoms. The number of ether oxygens (including phenoxy) is 1. The van der Waals surface area contributed by atoms with Crippen molar-refractivity contribution in [2.24, 2.45) is 4.99 Å². The number of hydrogen-bond donors (Lipinski definition) is 0. The third-order valence-electron chi connectivity index (χ3n) is 6.77. The maximum absolute atomic E-state index is 13.9. The minimum absolute atomic E-state index is 0.0679. The van der Waals surface area contributed by atoms with Crippen LogP contribution in [0.3, 0.4) is 0 Å². The maximum atomic E-state index is 13.9. The van der Waals surface area contributed by atoms with Crippen molar-refractivity contribution in [1.29, 1.82) is 0 Å². The van der Waals surface area contributed by atoms with Crippen molar-refractivity contribution in [3.63, 3.8) is 0 Å². The Morgan fingerprint density at radius 2 is 1.45 bits per heavy atom. The van der Waals surface area contributed by atoms with Crippen LogP contribution in [0, 0.1) is 6.92 Å². The van der Waals surface area contributed by atoms with Gasteiger partial charge in [0.2, 0.25) is 0 Å². The molecule has 0 N–H and O–H groups in total. The molecule has 1 aliphatic rings. The van der Waals surface area contributed by atoms with Crippen molar-refractivity contribution < 1.29 is 9.53 Å². The summed E-state index contributed by atoms with van der Waals surface area (Å²) in [6.45, 7) is 2.94. The highest BCUT2D eigenvalue weighted by atomic mass is 32.2. The van der Waals surface area contributed by atoms with E-state index < -0.39 is 0 Å². The van der Waals surface area contributed by atoms with Gasteiger partial charge in [-0.2, -0.15) is 0 Å². The normalized spacial score (nSPS) is 15.3. The molecule has 0 atom stereocenters. The Balaban J connectivity index is 1.40. The van der Waals surface area contributed by atoms with Gasteiger partial charge < -0.3 is 4.74 Å². The summed E-state index contributed by atoms with van der Waals surface area (Å²) in [4.78, 5) is 21.2. The predicted octanol–water partition coefficient (Wildman–Crippen LogP) is 8.53. The molecule has 1 heterocycles. The molecule has 6 rings (SSSR count). The molecule has 0 radical (unpaired) electrons. The summed E-state index contributed by atoms with van der Waals surface area (Å²) >= 11 is 1.40. The van der Waals surface area contributed by atoms with Crippen LogP contribution in [0.4, 0.5) is 5.69 Å². The van der Waals surface area contributed by atoms with Crippen LogP contribution < -0.4 is 4.74 Å². The van der Waals surface area contributed by atoms with Gasteiger partial charge in [-0.05, 0) is 64.9 Å². The van der Waals surface area contributed by atoms with Crippen LogP contribution in [0.5, 0.6) is 5.75 Å². The lowest BCUT2D eigenvalue weighted by molar-refractivity contribution is -0.122. The van der Waals surface area contributed by atoms with E-state index in [4.69, 9.17) is 9.73 Å². The zero-order chi connectivity index (χ0) is 27.3. The lowest BCUT2D eigenvalue weighted by atomic mass is 10.0. The van der Waals surface area contributed by atoms with E-state index in [0.717, 1.165) is 38.9 Å². The number of carbonyl (C=O) groups is 1. The number of fused-ring (bicyclic) bond motifs is 1. The van der Waals surface area contributed by atoms with Gasteiger partial charge in [-0.3, -0.25) is 9.69 Å². The first kappa shape index (κ1) is 25.7. The van der Waals surface area contributed by atoms with Crippen LogP contribution >= 0.6 is 11.8 Å². The van der Waals surface area contributed by atoms with Crippen LogP contribution in [0.15, 0.2) is 131 Å². The summed E-state index contributed by atoms with van der Waals surface area (Å²) < 4.78 is 6.32. The van der Waals surface area contributed by atoms with E-state index >= 15 is 0 Å². The Morgan fingerprint density at radius 3 is 2.20 bits per heavy atom. The van der Waals surface area contributed by atoms with E-state index in [0.29, 0.717) is 23.2 Å². The molecule has 5 aromatic carbocycles. The van der Waals surface area contributed by atoms with E-state index in [1.165, 1.54) is 17.3 Å². The fourth-order valence-electron chi connectivity index (χ4n) is 4.64. The maximum Gasteiger partial charge on any atom is 0.267 e. The topological polar surface area (TPSA) is 41.9 Å². The number of carbonyl (C=O) groups excluding carboxylic acids is 1. The Kier molecular flexibility index (Phi) is 7.47. The summed E-state index contributed by atoms with van der Waals surface area (Å²) in [5.74, 6) is 0.670. The molecule has 1 amide bonds. The Labute approximate surface area is 238 Å². The van der Waals surface area contributed by atoms with E-state index in [1.54, 1.807) is 4.90 Å². The highest BCUT2D eigenvalue weighted by Gasteiger charge is 2.34. The van der Waals surface area contributed by atoms with E-state index in [2.05, 4.69) is 25.1 Å². The van der Waals surface area contributed by atoms with Crippen LogP contribution in [0.2, 0.25) is 0 Å². The second-order valence-electron chi connectivity index (χ2n) is 9.69. The molecular formula is C35H28N2O2S. The van der Waals surface area contributed by atoms with Crippen molar-refractivity contribution in [3.05, 3.63) is 148 Å². The highest BCUT2D eigenvalue weighted by Crippen LogP contribution is 2.38. The van der Waals surface area contributed by atoms with Crippen molar-refractivity contribution in [3.8, 4) is 5.75 Å². The SMILES string of the molecule is Cc1ccc(N=C2S/C(=C/c3c(OCc4ccccc4)ccc4ccccc34)C(=O)N2Cc2ccccc2)cc1. The van der Waals surface area contributed by atoms with Crippen LogP contribution in [-0.4, -0.2) is 16.0 Å². The molecular weight excluding hydrogens is 512 g/mol. The molecule has 40 heavy (non-hydrogen) atoms. The largest absolute Gasteiger partial charge is 0.488 e. The van der Waals surface area contributed by atoms with Gasteiger partial charge >= 0.3 is 0 Å². The average Bonchev–Trinajstić information content (AvgIpc) is 3.27. The molecule has 5 aromatic rings. The summed E-state index contributed by atoms with van der Waals surface area (Å²) in [5, 5.41) is 2.79. The average molecular weight is 541 g/mol. The van der Waals surface area contributed by atoms with Crippen molar-refractivity contribution >= 4 is 45.4 Å². The summed E-state index contributed by atoms with van der Waals surface area (Å²) in [6.07, 6.45) is 1.96. The van der Waals surface area contributed by atoms with E-state index in [9.17, 15) is 4.79 Å². The van der Waals surface area contributed by atoms with Gasteiger partial charge in [0.1, 0.15) is 12.4 Å². The second kappa shape index (κ2) is 11.6. The number of rotatable bonds is 7. The molecule has 1 saturated heterocycles. The molecule has 0 unspecified atom stereocenters. The first-order valence-corrected chi connectivity index (χ1v) is 14.0. The molecule has 4 nitrogen and oxygen atoms in total. The molecule has 196 valence electrons. The van der Waals surface area contributed by atoms with Crippen molar-refractivity contribution in [1.82, 2.24) is 4.90 Å². The van der Waals surface area contributed by atoms with E-state index in [1.807, 2.05) is 109 Å². The quantitative estimate of drug-likeness (QED) is 0.194. The van der Waals surface area contributed by atoms with E-state index in [-0.39, 0.29) is 5.91 Å². The zero-order valence-corrected chi connectivity index (χ0v) is 23.0. The summed E-state index contributed by atoms with van der Waals surface area (Å²) in [5.41, 5.74) is 5.01. The molecule has 1 aliphatic heterocycles. The number of nitrogens with zero attached hydrogens (tertiary/aromatic N) is 2. The van der Waals surface area contributed by atoms with Gasteiger partial charge in [0.05, 0.1) is 17.1 Å². The smallest absolute Gasteiger partial charge is 0.267 e. The number of aliphatic imine (C=N–C) groups is 1. The minimum Gasteiger partial charge on any atom is -0.488 e. The number of benzene rings is 5. The monoisotopic (exact) mass is 540 g/mol. The standard InChI is InChI=1S/C35H28N2O2S/c1-25-16-19-29(20-17-25)36-35-37(23-26-10-4-2-5-11-26)34(38)33(40-35)22-31-30-15-9-8-14-28(30)18-21-32(31)39-24-27-12-6-3-7-13-27/h2-22H,23-24H2,1H3/b33-22+,36-35?. The van der Waals surface area contributed by atoms with Crippen LogP contribution in [-0.2, 0) is 17.9 Å². The van der Waals surface area contributed by atoms with Crippen LogP contribution in [0.25, 0.3) is 16.8 Å². The number of thioether (sulfide) groups is 1. The lowest BCUT2D eigenvalue weighted by Gasteiger charge is -2.16. The Bertz CT molecular complexity index is 1710. The third-order valence-corrected chi connectivity index (χ3v) is 7.78. The minimum atomic E-state index is -0.0679. The van der Waals surface area contributed by atoms with Gasteiger partial charge in [-0.25, -0.2) is 4.99 Å². The molecule has 5 heteroatoms. The fourth-order valence-corrected chi connectivity index (χ4v) is 5.62. The summed E-state index contributed by atoms with van der Waals surface area (Å²) in [6, 6.07) is 40.4. The number of amidine groups is 1. The molecule has 0 saturated carbocycles. The van der Waals surface area contributed by atoms with Crippen molar-refractivity contribution in [2.45, 2.75) is 20.1 Å². The number of aryl methyl sites for hydroxylation is 1. The first-order chi connectivity index (χ1) is 19.6. The Hall–Kier alpha value is -4.61. The predicted molar refractivity (Wildman–Crippen MR) is 166 cm³/mol. The molecule has 0 spiro atoms. The van der Waals surface area contributed by atoms with Crippen LogP contribution in [0.1, 0.15) is 22.3 Å². The number of hydrogen-bond acceptors (Lipinski definition) is 4. The van der Waals surface area contributed by atoms with Gasteiger partial charge in [-0.15, -0.1) is 0 Å². The van der Waals surface area contributed by atoms with Gasteiger partial charge in [-0.1, -0.05) is 109 Å². The number of amides is 1. The molecule has 0 aromatic heterocycles. The molecule has 1 fully saturated rings. The fraction of sp³-hybridized carbons (Fsp3) is 0.0857. The van der Waals surface area contributed by atoms with Gasteiger partial charge in [0, 0.05) is 5.56 Å². The highest BCUT2D eigenvalue weighted by molar-refractivity contribution is 8.18. The zero-order valence-electron chi connectivity index (χ0n) is 22.2. The first-order valence-electron chi connectivity index (χ1n) is 13.2.